The summed E-state index contributed by atoms with van der Waals surface area (Å²) >= 11 is 0. The largest absolute Gasteiger partial charge is 0.495 e. The first-order valence-corrected chi connectivity index (χ1v) is 16.0. The van der Waals surface area contributed by atoms with Gasteiger partial charge in [-0.3, -0.25) is 4.79 Å². The van der Waals surface area contributed by atoms with E-state index in [1.54, 1.807) is 58.0 Å². The van der Waals surface area contributed by atoms with Crippen LogP contribution in [-0.4, -0.2) is 88.9 Å². The highest BCUT2D eigenvalue weighted by molar-refractivity contribution is 7.90. The van der Waals surface area contributed by atoms with Crippen LogP contribution >= 0.6 is 0 Å². The summed E-state index contributed by atoms with van der Waals surface area (Å²) in [4.78, 5) is 12.3. The number of rotatable bonds is 8. The van der Waals surface area contributed by atoms with Gasteiger partial charge in [0, 0.05) is 31.7 Å². The summed E-state index contributed by atoms with van der Waals surface area (Å²) in [7, 11) is -7.05. The number of carbonyl (C=O) groups excluding carboxylic acids is 1. The van der Waals surface area contributed by atoms with Gasteiger partial charge < -0.3 is 14.2 Å². The van der Waals surface area contributed by atoms with Gasteiger partial charge in [-0.1, -0.05) is 30.3 Å². The minimum absolute atomic E-state index is 0.0266. The molecule has 4 rings (SSSR count). The molecule has 2 aromatic carbocycles. The summed E-state index contributed by atoms with van der Waals surface area (Å²) in [5.74, 6) is -0.356. The number of allylic oxidation sites excluding steroid dienone is 1. The fourth-order valence-electron chi connectivity index (χ4n) is 5.07. The molecule has 12 heteroatoms. The Morgan fingerprint density at radius 3 is 1.75 bits per heavy atom. The summed E-state index contributed by atoms with van der Waals surface area (Å²) in [5.41, 5.74) is 0.566. The fourth-order valence-corrected chi connectivity index (χ4v) is 8.68. The van der Waals surface area contributed by atoms with E-state index in [1.165, 1.54) is 33.9 Å². The van der Waals surface area contributed by atoms with Gasteiger partial charge in [-0.05, 0) is 57.5 Å². The summed E-state index contributed by atoms with van der Waals surface area (Å²) < 4.78 is 75.3. The Bertz CT molecular complexity index is 1460. The van der Waals surface area contributed by atoms with E-state index >= 15 is 0 Å². The molecule has 0 spiro atoms. The van der Waals surface area contributed by atoms with Crippen LogP contribution in [0.3, 0.4) is 0 Å². The third-order valence-corrected chi connectivity index (χ3v) is 10.5. The molecule has 0 aliphatic carbocycles. The number of sulfonamides is 2. The molecular formula is C28H36N2O8S2. The predicted octanol–water partition coefficient (Wildman–Crippen LogP) is 3.19. The topological polar surface area (TPSA) is 120 Å². The number of hydrogen-bond acceptors (Lipinski definition) is 8. The van der Waals surface area contributed by atoms with Gasteiger partial charge in [-0.2, -0.15) is 8.61 Å². The molecular weight excluding hydrogens is 556 g/mol. The van der Waals surface area contributed by atoms with Crippen LogP contribution in [0.4, 0.5) is 0 Å². The SMILES string of the molecule is COc1cc(/C=C/C(=O)c2ccccc2)c(S(=O)(=O)N2C[C@@H](C)O[C@@H](C)C2)cc1S(=O)(=O)N1C[C@@H](C)O[C@@H](C)C1. The maximum atomic E-state index is 14.1. The zero-order chi connectivity index (χ0) is 29.2. The molecule has 2 fully saturated rings. The van der Waals surface area contributed by atoms with Gasteiger partial charge in [0.2, 0.25) is 20.0 Å². The molecule has 0 bridgehead atoms. The molecule has 0 N–H and O–H groups in total. The van der Waals surface area contributed by atoms with E-state index in [4.69, 9.17) is 14.2 Å². The van der Waals surface area contributed by atoms with Crippen molar-refractivity contribution in [2.45, 2.75) is 61.9 Å². The lowest BCUT2D eigenvalue weighted by Gasteiger charge is -2.35. The number of morpholine rings is 2. The zero-order valence-corrected chi connectivity index (χ0v) is 24.9. The molecule has 2 aliphatic rings. The standard InChI is InChI=1S/C28H36N2O8S2/c1-19-15-29(16-20(2)37-19)39(32,33)27-14-28(40(34,35)30-17-21(3)38-22(4)18-30)26(36-5)13-24(27)11-12-25(31)23-9-7-6-8-10-23/h6-14,19-22H,15-18H2,1-5H3/b12-11+/t19-,20+,21-,22+. The fraction of sp³-hybridized carbons (Fsp3) is 0.464. The molecule has 40 heavy (non-hydrogen) atoms. The van der Waals surface area contributed by atoms with Crippen molar-refractivity contribution in [1.82, 2.24) is 8.61 Å². The first-order chi connectivity index (χ1) is 18.8. The van der Waals surface area contributed by atoms with E-state index in [2.05, 4.69) is 0 Å². The summed E-state index contributed by atoms with van der Waals surface area (Å²) in [6, 6.07) is 11.1. The van der Waals surface area contributed by atoms with Crippen LogP contribution in [0.5, 0.6) is 5.75 Å². The number of methoxy groups -OCH3 is 1. The van der Waals surface area contributed by atoms with Crippen LogP contribution in [0.1, 0.15) is 43.6 Å². The van der Waals surface area contributed by atoms with Crippen LogP contribution in [0.25, 0.3) is 6.08 Å². The van der Waals surface area contributed by atoms with Gasteiger partial charge >= 0.3 is 0 Å². The van der Waals surface area contributed by atoms with E-state index in [9.17, 15) is 21.6 Å². The van der Waals surface area contributed by atoms with Gasteiger partial charge in [0.25, 0.3) is 0 Å². The highest BCUT2D eigenvalue weighted by Crippen LogP contribution is 2.36. The number of carbonyl (C=O) groups is 1. The van der Waals surface area contributed by atoms with Crippen LogP contribution < -0.4 is 4.74 Å². The second-order valence-electron chi connectivity index (χ2n) is 10.3. The Kier molecular flexibility index (Phi) is 9.18. The number of nitrogens with zero attached hydrogens (tertiary/aromatic N) is 2. The van der Waals surface area contributed by atoms with E-state index in [-0.39, 0.29) is 77.5 Å². The Morgan fingerprint density at radius 2 is 1.27 bits per heavy atom. The molecule has 0 unspecified atom stereocenters. The van der Waals surface area contributed by atoms with E-state index in [0.29, 0.717) is 5.56 Å². The lowest BCUT2D eigenvalue weighted by molar-refractivity contribution is -0.0441. The maximum absolute atomic E-state index is 14.1. The zero-order valence-electron chi connectivity index (χ0n) is 23.3. The molecule has 2 aliphatic heterocycles. The molecule has 2 saturated heterocycles. The molecule has 10 nitrogen and oxygen atoms in total. The quantitative estimate of drug-likeness (QED) is 0.339. The highest BCUT2D eigenvalue weighted by atomic mass is 32.2. The van der Waals surface area contributed by atoms with Crippen molar-refractivity contribution in [2.24, 2.45) is 0 Å². The average Bonchev–Trinajstić information content (AvgIpc) is 2.90. The van der Waals surface area contributed by atoms with Gasteiger partial charge in [0.05, 0.1) is 36.4 Å². The summed E-state index contributed by atoms with van der Waals surface area (Å²) in [6.07, 6.45) is 1.27. The van der Waals surface area contributed by atoms with Crippen LogP contribution in [0.15, 0.2) is 58.3 Å². The minimum Gasteiger partial charge on any atom is -0.495 e. The Morgan fingerprint density at radius 1 is 0.800 bits per heavy atom. The van der Waals surface area contributed by atoms with Crippen LogP contribution in [0.2, 0.25) is 0 Å². The summed E-state index contributed by atoms with van der Waals surface area (Å²) in [5, 5.41) is 0. The Labute approximate surface area is 236 Å². The second kappa shape index (κ2) is 12.1. The lowest BCUT2D eigenvalue weighted by atomic mass is 10.1. The van der Waals surface area contributed by atoms with Crippen LogP contribution in [0, 0.1) is 0 Å². The molecule has 218 valence electrons. The van der Waals surface area contributed by atoms with Crippen molar-refractivity contribution in [2.75, 3.05) is 33.3 Å². The minimum atomic E-state index is -4.20. The van der Waals surface area contributed by atoms with Crippen LogP contribution in [-0.2, 0) is 29.5 Å². The number of ketones is 1. The van der Waals surface area contributed by atoms with Crippen molar-refractivity contribution >= 4 is 31.9 Å². The van der Waals surface area contributed by atoms with Gasteiger partial charge in [-0.25, -0.2) is 16.8 Å². The van der Waals surface area contributed by atoms with Crippen molar-refractivity contribution < 1.29 is 35.8 Å². The van der Waals surface area contributed by atoms with E-state index in [1.807, 2.05) is 0 Å². The molecule has 0 amide bonds. The number of benzene rings is 2. The molecule has 0 saturated carbocycles. The van der Waals surface area contributed by atoms with E-state index < -0.39 is 20.0 Å². The number of ether oxygens (including phenoxy) is 3. The second-order valence-corrected chi connectivity index (χ2v) is 14.1. The molecule has 2 heterocycles. The molecule has 0 aromatic heterocycles. The van der Waals surface area contributed by atoms with Crippen molar-refractivity contribution in [3.8, 4) is 5.75 Å². The first-order valence-electron chi connectivity index (χ1n) is 13.1. The smallest absolute Gasteiger partial charge is 0.246 e. The predicted molar refractivity (Wildman–Crippen MR) is 150 cm³/mol. The van der Waals surface area contributed by atoms with Crippen molar-refractivity contribution in [3.63, 3.8) is 0 Å². The highest BCUT2D eigenvalue weighted by Gasteiger charge is 2.38. The maximum Gasteiger partial charge on any atom is 0.246 e. The Hall–Kier alpha value is -2.61. The van der Waals surface area contributed by atoms with Crippen molar-refractivity contribution in [1.29, 1.82) is 0 Å². The molecule has 0 radical (unpaired) electrons. The average molecular weight is 593 g/mol. The Balaban J connectivity index is 1.86. The first kappa shape index (κ1) is 30.4. The third kappa shape index (κ3) is 6.48. The summed E-state index contributed by atoms with van der Waals surface area (Å²) in [6.45, 7) is 7.56. The third-order valence-electron chi connectivity index (χ3n) is 6.78. The van der Waals surface area contributed by atoms with E-state index in [0.717, 1.165) is 6.07 Å². The normalized spacial score (nSPS) is 25.2. The number of hydrogen-bond donors (Lipinski definition) is 0. The van der Waals surface area contributed by atoms with Crippen molar-refractivity contribution in [3.05, 3.63) is 59.7 Å². The van der Waals surface area contributed by atoms with Gasteiger partial charge in [0.15, 0.2) is 5.78 Å². The molecule has 2 aromatic rings. The van der Waals surface area contributed by atoms with Gasteiger partial charge in [-0.15, -0.1) is 0 Å². The van der Waals surface area contributed by atoms with Gasteiger partial charge in [0.1, 0.15) is 10.6 Å². The monoisotopic (exact) mass is 592 g/mol. The lowest BCUT2D eigenvalue weighted by Crippen LogP contribution is -2.48. The molecule has 4 atom stereocenters.